The van der Waals surface area contributed by atoms with Crippen molar-refractivity contribution in [2.45, 2.75) is 25.3 Å². The van der Waals surface area contributed by atoms with Gasteiger partial charge in [0, 0.05) is 25.0 Å². The lowest BCUT2D eigenvalue weighted by Gasteiger charge is -2.26. The Morgan fingerprint density at radius 3 is 3.00 bits per heavy atom. The zero-order chi connectivity index (χ0) is 17.2. The third-order valence-electron chi connectivity index (χ3n) is 4.71. The van der Waals surface area contributed by atoms with Crippen LogP contribution >= 0.6 is 11.6 Å². The van der Waals surface area contributed by atoms with Crippen molar-refractivity contribution in [2.24, 2.45) is 0 Å². The second kappa shape index (κ2) is 6.98. The Hall–Kier alpha value is -2.18. The monoisotopic (exact) mass is 359 g/mol. The van der Waals surface area contributed by atoms with Gasteiger partial charge in [-0.1, -0.05) is 18.0 Å². The lowest BCUT2D eigenvalue weighted by atomic mass is 10.1. The van der Waals surface area contributed by atoms with Crippen molar-refractivity contribution in [2.75, 3.05) is 25.2 Å². The van der Waals surface area contributed by atoms with Crippen LogP contribution in [-0.4, -0.2) is 29.8 Å². The van der Waals surface area contributed by atoms with Crippen molar-refractivity contribution < 1.29 is 4.74 Å². The summed E-state index contributed by atoms with van der Waals surface area (Å²) in [5.41, 5.74) is 5.02. The van der Waals surface area contributed by atoms with E-state index >= 15 is 0 Å². The summed E-state index contributed by atoms with van der Waals surface area (Å²) in [4.78, 5) is 4.85. The summed E-state index contributed by atoms with van der Waals surface area (Å²) >= 11 is 6.68. The summed E-state index contributed by atoms with van der Waals surface area (Å²) in [6.45, 7) is 1.96. The van der Waals surface area contributed by atoms with Gasteiger partial charge in [0.2, 0.25) is 5.95 Å². The number of nitrogens with zero attached hydrogens (tertiary/aromatic N) is 3. The number of nitrogens with one attached hydrogen (secondary N) is 2. The average molecular weight is 360 g/mol. The molecule has 2 aliphatic heterocycles. The summed E-state index contributed by atoms with van der Waals surface area (Å²) in [7, 11) is 1.64. The molecule has 0 saturated carbocycles. The molecule has 0 amide bonds. The molecule has 2 aliphatic rings. The van der Waals surface area contributed by atoms with Crippen LogP contribution in [0.25, 0.3) is 11.0 Å². The normalized spacial score (nSPS) is 20.6. The first-order chi connectivity index (χ1) is 12.3. The maximum Gasteiger partial charge on any atom is 0.230 e. The van der Waals surface area contributed by atoms with E-state index in [0.717, 1.165) is 36.5 Å². The molecule has 6 nitrogen and oxygen atoms in total. The van der Waals surface area contributed by atoms with E-state index in [-0.39, 0.29) is 6.04 Å². The molecule has 1 atom stereocenters. The smallest absolute Gasteiger partial charge is 0.230 e. The predicted molar refractivity (Wildman–Crippen MR) is 101 cm³/mol. The number of ether oxygens (including phenoxy) is 1. The maximum absolute atomic E-state index is 6.68. The van der Waals surface area contributed by atoms with Gasteiger partial charge in [0.05, 0.1) is 18.1 Å². The van der Waals surface area contributed by atoms with Gasteiger partial charge in [0.1, 0.15) is 10.8 Å². The predicted octanol–water partition coefficient (Wildman–Crippen LogP) is 3.36. The highest BCUT2D eigenvalue weighted by Gasteiger charge is 2.26. The molecule has 0 radical (unpaired) electrons. The summed E-state index contributed by atoms with van der Waals surface area (Å²) in [5, 5.41) is 6.07. The number of hydrogen-bond donors (Lipinski definition) is 2. The van der Waals surface area contributed by atoms with Crippen LogP contribution in [0.4, 0.5) is 5.95 Å². The molecular weight excluding hydrogens is 338 g/mol. The number of anilines is 1. The van der Waals surface area contributed by atoms with E-state index in [0.29, 0.717) is 10.8 Å². The maximum atomic E-state index is 6.68. The molecule has 1 fully saturated rings. The Labute approximate surface area is 152 Å². The third kappa shape index (κ3) is 2.96. The summed E-state index contributed by atoms with van der Waals surface area (Å²) < 4.78 is 7.68. The average Bonchev–Trinajstić information content (AvgIpc) is 2.84. The summed E-state index contributed by atoms with van der Waals surface area (Å²) in [5.74, 6) is 1.50. The molecule has 0 aliphatic carbocycles. The number of methoxy groups -OCH3 is 1. The SMILES string of the molecule is COc1ccc2nc(N3C=CC=CN3)n([C@@H]3CCCCNC3)c2c1Cl. The zero-order valence-corrected chi connectivity index (χ0v) is 15.0. The highest BCUT2D eigenvalue weighted by Crippen LogP contribution is 2.38. The second-order valence-electron chi connectivity index (χ2n) is 6.28. The molecule has 2 N–H and O–H groups in total. The summed E-state index contributed by atoms with van der Waals surface area (Å²) in [6, 6.07) is 4.12. The molecule has 3 heterocycles. The Morgan fingerprint density at radius 2 is 2.20 bits per heavy atom. The van der Waals surface area contributed by atoms with E-state index in [2.05, 4.69) is 15.3 Å². The fraction of sp³-hybridized carbons (Fsp3) is 0.389. The molecule has 0 bridgehead atoms. The number of fused-ring (bicyclic) bond motifs is 1. The van der Waals surface area contributed by atoms with Crippen molar-refractivity contribution in [3.63, 3.8) is 0 Å². The lowest BCUT2D eigenvalue weighted by molar-refractivity contribution is 0.415. The van der Waals surface area contributed by atoms with Gasteiger partial charge in [-0.15, -0.1) is 0 Å². The van der Waals surface area contributed by atoms with Crippen LogP contribution in [0.3, 0.4) is 0 Å². The minimum Gasteiger partial charge on any atom is -0.495 e. The first-order valence-corrected chi connectivity index (χ1v) is 9.01. The highest BCUT2D eigenvalue weighted by molar-refractivity contribution is 6.36. The van der Waals surface area contributed by atoms with Crippen LogP contribution in [0, 0.1) is 0 Å². The number of imidazole rings is 1. The number of halogens is 1. The van der Waals surface area contributed by atoms with Gasteiger partial charge >= 0.3 is 0 Å². The fourth-order valence-electron chi connectivity index (χ4n) is 3.49. The largest absolute Gasteiger partial charge is 0.495 e. The van der Waals surface area contributed by atoms with Crippen LogP contribution in [0.5, 0.6) is 5.75 Å². The van der Waals surface area contributed by atoms with Crippen molar-refractivity contribution in [3.8, 4) is 5.75 Å². The number of hydrazine groups is 1. The van der Waals surface area contributed by atoms with Crippen molar-refractivity contribution in [3.05, 3.63) is 41.7 Å². The minimum absolute atomic E-state index is 0.285. The van der Waals surface area contributed by atoms with Crippen LogP contribution in [-0.2, 0) is 0 Å². The number of rotatable bonds is 3. The van der Waals surface area contributed by atoms with Gasteiger partial charge in [-0.25, -0.2) is 9.99 Å². The topological polar surface area (TPSA) is 54.4 Å². The van der Waals surface area contributed by atoms with Crippen molar-refractivity contribution in [1.82, 2.24) is 20.3 Å². The van der Waals surface area contributed by atoms with Gasteiger partial charge in [-0.05, 0) is 43.7 Å². The highest BCUT2D eigenvalue weighted by atomic mass is 35.5. The molecule has 7 heteroatoms. The van der Waals surface area contributed by atoms with E-state index in [9.17, 15) is 0 Å². The van der Waals surface area contributed by atoms with E-state index in [4.69, 9.17) is 21.3 Å². The van der Waals surface area contributed by atoms with Crippen LogP contribution in [0.2, 0.25) is 5.02 Å². The Bertz CT molecular complexity index is 820. The second-order valence-corrected chi connectivity index (χ2v) is 6.66. The molecule has 1 aromatic heterocycles. The number of allylic oxidation sites excluding steroid dienone is 2. The van der Waals surface area contributed by atoms with Gasteiger partial charge in [-0.3, -0.25) is 5.43 Å². The molecule has 4 rings (SSSR count). The molecule has 132 valence electrons. The summed E-state index contributed by atoms with van der Waals surface area (Å²) in [6.07, 6.45) is 11.2. The van der Waals surface area contributed by atoms with E-state index in [1.54, 1.807) is 7.11 Å². The van der Waals surface area contributed by atoms with E-state index in [1.165, 1.54) is 12.8 Å². The molecular formula is C18H22ClN5O. The van der Waals surface area contributed by atoms with E-state index < -0.39 is 0 Å². The van der Waals surface area contributed by atoms with Crippen molar-refractivity contribution in [1.29, 1.82) is 0 Å². The Kier molecular flexibility index (Phi) is 4.55. The quantitative estimate of drug-likeness (QED) is 0.880. The minimum atomic E-state index is 0.285. The van der Waals surface area contributed by atoms with Gasteiger partial charge in [0.25, 0.3) is 0 Å². The van der Waals surface area contributed by atoms with Gasteiger partial charge < -0.3 is 14.6 Å². The number of aromatic nitrogens is 2. The van der Waals surface area contributed by atoms with E-state index in [1.807, 2.05) is 41.7 Å². The molecule has 1 aromatic carbocycles. The fourth-order valence-corrected chi connectivity index (χ4v) is 3.82. The number of benzene rings is 1. The Balaban J connectivity index is 1.90. The third-order valence-corrected chi connectivity index (χ3v) is 5.08. The Morgan fingerprint density at radius 1 is 1.28 bits per heavy atom. The first kappa shape index (κ1) is 16.3. The molecule has 25 heavy (non-hydrogen) atoms. The lowest BCUT2D eigenvalue weighted by Crippen LogP contribution is -2.34. The first-order valence-electron chi connectivity index (χ1n) is 8.63. The van der Waals surface area contributed by atoms with Crippen LogP contribution < -0.4 is 20.5 Å². The van der Waals surface area contributed by atoms with Crippen molar-refractivity contribution >= 4 is 28.6 Å². The molecule has 0 spiro atoms. The molecule has 0 unspecified atom stereocenters. The van der Waals surface area contributed by atoms with Crippen LogP contribution in [0.1, 0.15) is 25.3 Å². The standard InChI is InChI=1S/C18H22ClN5O/c1-25-15-8-7-14-17(16(15)19)24(13-6-2-3-9-20-12-13)18(22-14)23-11-5-4-10-21-23/h4-5,7-8,10-11,13,20-21H,2-3,6,9,12H2,1H3/t13-/m1/s1. The van der Waals surface area contributed by atoms with Gasteiger partial charge in [0.15, 0.2) is 0 Å². The zero-order valence-electron chi connectivity index (χ0n) is 14.2. The molecule has 1 saturated heterocycles. The number of hydrogen-bond acceptors (Lipinski definition) is 5. The van der Waals surface area contributed by atoms with Gasteiger partial charge in [-0.2, -0.15) is 0 Å². The van der Waals surface area contributed by atoms with Crippen LogP contribution in [0.15, 0.2) is 36.7 Å². The molecule has 2 aromatic rings.